The zero-order valence-corrected chi connectivity index (χ0v) is 9.44. The molecule has 0 radical (unpaired) electrons. The summed E-state index contributed by atoms with van der Waals surface area (Å²) in [6.45, 7) is 6.72. The number of hydrogen-bond acceptors (Lipinski definition) is 1. The van der Waals surface area contributed by atoms with Gasteiger partial charge in [0.05, 0.1) is 13.2 Å². The van der Waals surface area contributed by atoms with Gasteiger partial charge in [0.2, 0.25) is 0 Å². The molecule has 1 aliphatic carbocycles. The normalized spacial score (nSPS) is 37.1. The van der Waals surface area contributed by atoms with Gasteiger partial charge in [-0.15, -0.1) is 0 Å². The van der Waals surface area contributed by atoms with Crippen molar-refractivity contribution in [3.05, 3.63) is 35.9 Å². The third kappa shape index (κ3) is 1.19. The van der Waals surface area contributed by atoms with Crippen LogP contribution in [0, 0.1) is 17.3 Å². The molecule has 1 saturated carbocycles. The Labute approximate surface area is 91.5 Å². The molecule has 15 heavy (non-hydrogen) atoms. The average Bonchev–Trinajstić information content (AvgIpc) is 2.65. The van der Waals surface area contributed by atoms with Gasteiger partial charge in [0.15, 0.2) is 0 Å². The van der Waals surface area contributed by atoms with Crippen LogP contribution in [-0.2, 0) is 4.74 Å². The molecule has 0 unspecified atom stereocenters. The highest BCUT2D eigenvalue weighted by atomic mass is 16.5. The minimum Gasteiger partial charge on any atom is -0.381 e. The Bertz CT molecular complexity index is 355. The summed E-state index contributed by atoms with van der Waals surface area (Å²) < 4.78 is 5.62. The van der Waals surface area contributed by atoms with Gasteiger partial charge in [-0.25, -0.2) is 0 Å². The summed E-state index contributed by atoms with van der Waals surface area (Å²) in [6, 6.07) is 10.9. The van der Waals surface area contributed by atoms with Gasteiger partial charge in [0, 0.05) is 0 Å². The smallest absolute Gasteiger partial charge is 0.0504 e. The molecule has 1 heteroatoms. The first-order valence-corrected chi connectivity index (χ1v) is 5.84. The van der Waals surface area contributed by atoms with Gasteiger partial charge in [-0.05, 0) is 28.7 Å². The van der Waals surface area contributed by atoms with Gasteiger partial charge in [0.1, 0.15) is 0 Å². The second kappa shape index (κ2) is 3.08. The quantitative estimate of drug-likeness (QED) is 0.680. The number of hydrogen-bond donors (Lipinski definition) is 0. The lowest BCUT2D eigenvalue weighted by Crippen LogP contribution is -2.50. The van der Waals surface area contributed by atoms with E-state index in [1.54, 1.807) is 0 Å². The first-order valence-electron chi connectivity index (χ1n) is 5.84. The van der Waals surface area contributed by atoms with Gasteiger partial charge in [-0.2, -0.15) is 0 Å². The highest BCUT2D eigenvalue weighted by molar-refractivity contribution is 5.28. The fraction of sp³-hybridized carbons (Fsp3) is 0.571. The van der Waals surface area contributed by atoms with E-state index in [4.69, 9.17) is 4.74 Å². The molecule has 0 spiro atoms. The van der Waals surface area contributed by atoms with Crippen LogP contribution in [0.1, 0.15) is 25.3 Å². The fourth-order valence-corrected chi connectivity index (χ4v) is 3.67. The van der Waals surface area contributed by atoms with Crippen LogP contribution >= 0.6 is 0 Å². The highest BCUT2D eigenvalue weighted by Crippen LogP contribution is 2.62. The van der Waals surface area contributed by atoms with E-state index in [9.17, 15) is 0 Å². The molecular weight excluding hydrogens is 184 g/mol. The minimum absolute atomic E-state index is 0.419. The molecule has 2 fully saturated rings. The van der Waals surface area contributed by atoms with Crippen LogP contribution in [0.2, 0.25) is 0 Å². The van der Waals surface area contributed by atoms with Crippen LogP contribution in [0.5, 0.6) is 0 Å². The predicted molar refractivity (Wildman–Crippen MR) is 60.8 cm³/mol. The van der Waals surface area contributed by atoms with E-state index in [1.165, 1.54) is 5.56 Å². The van der Waals surface area contributed by atoms with Gasteiger partial charge in [0.25, 0.3) is 0 Å². The van der Waals surface area contributed by atoms with Crippen LogP contribution < -0.4 is 0 Å². The van der Waals surface area contributed by atoms with Crippen molar-refractivity contribution >= 4 is 0 Å². The van der Waals surface area contributed by atoms with E-state index < -0.39 is 0 Å². The molecule has 1 aliphatic heterocycles. The topological polar surface area (TPSA) is 9.23 Å². The zero-order valence-electron chi connectivity index (χ0n) is 9.44. The van der Waals surface area contributed by atoms with Crippen LogP contribution in [0.4, 0.5) is 0 Å². The largest absolute Gasteiger partial charge is 0.381 e. The molecule has 1 aromatic carbocycles. The molecule has 0 bridgehead atoms. The van der Waals surface area contributed by atoms with Crippen molar-refractivity contribution in [3.8, 4) is 0 Å². The zero-order chi connectivity index (χ0) is 10.5. The van der Waals surface area contributed by atoms with Crippen LogP contribution in [0.25, 0.3) is 0 Å². The lowest BCUT2D eigenvalue weighted by molar-refractivity contribution is -0.0107. The second-order valence-electron chi connectivity index (χ2n) is 5.52. The molecule has 1 heterocycles. The molecule has 0 amide bonds. The SMILES string of the molecule is CC1(C)[C@@H]2COC[C@@H]2[C@H]1c1ccccc1. The third-order valence-corrected chi connectivity index (χ3v) is 4.47. The average molecular weight is 202 g/mol. The maximum atomic E-state index is 5.62. The second-order valence-corrected chi connectivity index (χ2v) is 5.52. The molecular formula is C14H18O. The minimum atomic E-state index is 0.419. The Morgan fingerprint density at radius 1 is 1.13 bits per heavy atom. The number of benzene rings is 1. The van der Waals surface area contributed by atoms with Crippen LogP contribution in [0.3, 0.4) is 0 Å². The van der Waals surface area contributed by atoms with E-state index in [0.29, 0.717) is 11.3 Å². The Balaban J connectivity index is 1.94. The molecule has 1 aromatic rings. The van der Waals surface area contributed by atoms with Crippen molar-refractivity contribution in [2.75, 3.05) is 13.2 Å². The monoisotopic (exact) mass is 202 g/mol. The molecule has 0 N–H and O–H groups in total. The van der Waals surface area contributed by atoms with Gasteiger partial charge < -0.3 is 4.74 Å². The summed E-state index contributed by atoms with van der Waals surface area (Å²) >= 11 is 0. The Morgan fingerprint density at radius 3 is 2.60 bits per heavy atom. The summed E-state index contributed by atoms with van der Waals surface area (Å²) in [6.07, 6.45) is 0. The molecule has 1 saturated heterocycles. The predicted octanol–water partition coefficient (Wildman–Crippen LogP) is 3.07. The number of fused-ring (bicyclic) bond motifs is 1. The van der Waals surface area contributed by atoms with E-state index in [2.05, 4.69) is 44.2 Å². The molecule has 80 valence electrons. The van der Waals surface area contributed by atoms with E-state index >= 15 is 0 Å². The fourth-order valence-electron chi connectivity index (χ4n) is 3.67. The summed E-state index contributed by atoms with van der Waals surface area (Å²) in [7, 11) is 0. The summed E-state index contributed by atoms with van der Waals surface area (Å²) in [4.78, 5) is 0. The van der Waals surface area contributed by atoms with Crippen LogP contribution in [0.15, 0.2) is 30.3 Å². The number of ether oxygens (including phenoxy) is 1. The van der Waals surface area contributed by atoms with Crippen molar-refractivity contribution in [2.24, 2.45) is 17.3 Å². The maximum Gasteiger partial charge on any atom is 0.0504 e. The first kappa shape index (κ1) is 9.41. The summed E-state index contributed by atoms with van der Waals surface area (Å²) in [5.41, 5.74) is 1.91. The van der Waals surface area contributed by atoms with Crippen molar-refractivity contribution < 1.29 is 4.74 Å². The Hall–Kier alpha value is -0.820. The molecule has 3 rings (SSSR count). The molecule has 1 nitrogen and oxygen atoms in total. The molecule has 2 aliphatic rings. The van der Waals surface area contributed by atoms with E-state index in [1.807, 2.05) is 0 Å². The first-order chi connectivity index (χ1) is 7.21. The summed E-state index contributed by atoms with van der Waals surface area (Å²) in [5.74, 6) is 2.25. The van der Waals surface area contributed by atoms with Crippen molar-refractivity contribution in [1.82, 2.24) is 0 Å². The lowest BCUT2D eigenvalue weighted by Gasteiger charge is -2.55. The molecule has 3 atom stereocenters. The summed E-state index contributed by atoms with van der Waals surface area (Å²) in [5, 5.41) is 0. The van der Waals surface area contributed by atoms with Gasteiger partial charge >= 0.3 is 0 Å². The maximum absolute atomic E-state index is 5.62. The molecule has 0 aromatic heterocycles. The van der Waals surface area contributed by atoms with Crippen molar-refractivity contribution in [3.63, 3.8) is 0 Å². The Kier molecular flexibility index (Phi) is 1.93. The highest BCUT2D eigenvalue weighted by Gasteiger charge is 2.58. The van der Waals surface area contributed by atoms with Crippen molar-refractivity contribution in [2.45, 2.75) is 19.8 Å². The van der Waals surface area contributed by atoms with E-state index in [0.717, 1.165) is 25.0 Å². The van der Waals surface area contributed by atoms with E-state index in [-0.39, 0.29) is 0 Å². The standard InChI is InChI=1S/C14H18O/c1-14(2)12-9-15-8-11(12)13(14)10-6-4-3-5-7-10/h3-7,11-13H,8-9H2,1-2H3/t11-,12+,13+/m0/s1. The lowest BCUT2D eigenvalue weighted by atomic mass is 9.48. The van der Waals surface area contributed by atoms with Crippen molar-refractivity contribution in [1.29, 1.82) is 0 Å². The Morgan fingerprint density at radius 2 is 1.87 bits per heavy atom. The van der Waals surface area contributed by atoms with Gasteiger partial charge in [-0.1, -0.05) is 44.2 Å². The van der Waals surface area contributed by atoms with Gasteiger partial charge in [-0.3, -0.25) is 0 Å². The number of rotatable bonds is 1. The third-order valence-electron chi connectivity index (χ3n) is 4.47. The van der Waals surface area contributed by atoms with Crippen LogP contribution in [-0.4, -0.2) is 13.2 Å².